The van der Waals surface area contributed by atoms with Crippen LogP contribution in [0.1, 0.15) is 41.8 Å². The number of esters is 1. The van der Waals surface area contributed by atoms with Crippen molar-refractivity contribution >= 4 is 17.5 Å². The number of benzene rings is 2. The molecular weight excluding hydrogens is 362 g/mol. The van der Waals surface area contributed by atoms with Gasteiger partial charge < -0.3 is 4.74 Å². The first-order valence-corrected chi connectivity index (χ1v) is 9.83. The highest BCUT2D eigenvalue weighted by Gasteiger charge is 2.57. The lowest BCUT2D eigenvalue weighted by molar-refractivity contribution is -0.139. The first kappa shape index (κ1) is 19.1. The molecule has 0 saturated heterocycles. The molecule has 29 heavy (non-hydrogen) atoms. The monoisotopic (exact) mass is 385 g/mol. The second-order valence-corrected chi connectivity index (χ2v) is 7.35. The van der Waals surface area contributed by atoms with Crippen LogP contribution >= 0.6 is 0 Å². The lowest BCUT2D eigenvalue weighted by atomic mass is 9.60. The Hall–Kier alpha value is -3.27. The van der Waals surface area contributed by atoms with E-state index in [1.165, 1.54) is 0 Å². The number of rotatable bonds is 5. The van der Waals surface area contributed by atoms with Crippen LogP contribution in [-0.4, -0.2) is 24.1 Å². The van der Waals surface area contributed by atoms with Crippen LogP contribution in [0.25, 0.3) is 0 Å². The van der Waals surface area contributed by atoms with Crippen molar-refractivity contribution < 1.29 is 14.3 Å². The van der Waals surface area contributed by atoms with Gasteiger partial charge in [0.05, 0.1) is 23.8 Å². The maximum Gasteiger partial charge on any atom is 0.336 e. The summed E-state index contributed by atoms with van der Waals surface area (Å²) in [5, 5.41) is 0. The predicted octanol–water partition coefficient (Wildman–Crippen LogP) is 4.65. The average Bonchev–Trinajstić information content (AvgIpc) is 3.01. The molecule has 2 unspecified atom stereocenters. The molecule has 2 atom stereocenters. The minimum absolute atomic E-state index is 0.0145. The molecular formula is C25H23NO3. The average molecular weight is 385 g/mol. The molecule has 0 aromatic heterocycles. The third kappa shape index (κ3) is 2.70. The van der Waals surface area contributed by atoms with E-state index in [1.54, 1.807) is 13.0 Å². The van der Waals surface area contributed by atoms with E-state index in [4.69, 9.17) is 9.73 Å². The second-order valence-electron chi connectivity index (χ2n) is 7.35. The number of hydrogen-bond acceptors (Lipinski definition) is 4. The van der Waals surface area contributed by atoms with E-state index in [0.29, 0.717) is 23.3 Å². The van der Waals surface area contributed by atoms with E-state index >= 15 is 0 Å². The maximum absolute atomic E-state index is 13.6. The number of ether oxygens (including phenoxy) is 1. The number of allylic oxidation sites excluding steroid dienone is 2. The van der Waals surface area contributed by atoms with Crippen molar-refractivity contribution in [3.8, 4) is 0 Å². The van der Waals surface area contributed by atoms with E-state index in [1.807, 2.05) is 61.5 Å². The number of nitrogens with zero attached hydrogens (tertiary/aromatic N) is 1. The van der Waals surface area contributed by atoms with Crippen molar-refractivity contribution in [2.24, 2.45) is 10.9 Å². The fraction of sp³-hybridized carbons (Fsp3) is 0.240. The SMILES string of the molecule is C=CCC1(c2ccccc2)C(C(=O)OCC)=C(C)N=C2c3ccccc3C(=O)C21. The Morgan fingerprint density at radius 1 is 1.14 bits per heavy atom. The third-order valence-electron chi connectivity index (χ3n) is 5.83. The minimum Gasteiger partial charge on any atom is -0.463 e. The van der Waals surface area contributed by atoms with Gasteiger partial charge in [-0.15, -0.1) is 6.58 Å². The molecule has 0 fully saturated rings. The van der Waals surface area contributed by atoms with Gasteiger partial charge in [0.15, 0.2) is 5.78 Å². The molecule has 0 spiro atoms. The predicted molar refractivity (Wildman–Crippen MR) is 113 cm³/mol. The van der Waals surface area contributed by atoms with Crippen molar-refractivity contribution in [2.75, 3.05) is 6.61 Å². The molecule has 0 bridgehead atoms. The molecule has 4 heteroatoms. The van der Waals surface area contributed by atoms with Crippen LogP contribution in [0.5, 0.6) is 0 Å². The van der Waals surface area contributed by atoms with Crippen molar-refractivity contribution in [2.45, 2.75) is 25.7 Å². The first-order valence-electron chi connectivity index (χ1n) is 9.83. The Kier molecular flexibility index (Phi) is 4.79. The Bertz CT molecular complexity index is 1060. The second kappa shape index (κ2) is 7.28. The summed E-state index contributed by atoms with van der Waals surface area (Å²) >= 11 is 0. The molecule has 0 amide bonds. The van der Waals surface area contributed by atoms with Gasteiger partial charge in [-0.25, -0.2) is 4.79 Å². The highest BCUT2D eigenvalue weighted by atomic mass is 16.5. The number of fused-ring (bicyclic) bond motifs is 3. The summed E-state index contributed by atoms with van der Waals surface area (Å²) in [6, 6.07) is 17.2. The maximum atomic E-state index is 13.6. The van der Waals surface area contributed by atoms with Crippen molar-refractivity contribution in [1.82, 2.24) is 0 Å². The summed E-state index contributed by atoms with van der Waals surface area (Å²) in [5.41, 5.74) is 3.23. The molecule has 0 saturated carbocycles. The quantitative estimate of drug-likeness (QED) is 0.556. The van der Waals surface area contributed by atoms with Crippen LogP contribution in [0, 0.1) is 5.92 Å². The van der Waals surface area contributed by atoms with Gasteiger partial charge in [0.2, 0.25) is 0 Å². The van der Waals surface area contributed by atoms with Gasteiger partial charge in [0.25, 0.3) is 0 Å². The van der Waals surface area contributed by atoms with E-state index in [2.05, 4.69) is 6.58 Å². The van der Waals surface area contributed by atoms with Gasteiger partial charge in [0.1, 0.15) is 0 Å². The summed E-state index contributed by atoms with van der Waals surface area (Å²) in [5.74, 6) is -1.04. The smallest absolute Gasteiger partial charge is 0.336 e. The zero-order valence-electron chi connectivity index (χ0n) is 16.6. The van der Waals surface area contributed by atoms with Gasteiger partial charge in [-0.2, -0.15) is 0 Å². The summed E-state index contributed by atoms with van der Waals surface area (Å²) in [4.78, 5) is 31.5. The number of ketones is 1. The van der Waals surface area contributed by atoms with Gasteiger partial charge in [-0.1, -0.05) is 60.7 Å². The minimum atomic E-state index is -0.910. The number of Topliss-reactive ketones (excluding diaryl/α,β-unsaturated/α-hetero) is 1. The fourth-order valence-corrected chi connectivity index (χ4v) is 4.79. The molecule has 1 aliphatic heterocycles. The van der Waals surface area contributed by atoms with E-state index in [0.717, 1.165) is 16.8 Å². The van der Waals surface area contributed by atoms with Crippen molar-refractivity contribution in [1.29, 1.82) is 0 Å². The Morgan fingerprint density at radius 2 is 1.79 bits per heavy atom. The zero-order chi connectivity index (χ0) is 20.6. The van der Waals surface area contributed by atoms with Gasteiger partial charge >= 0.3 is 5.97 Å². The fourth-order valence-electron chi connectivity index (χ4n) is 4.79. The van der Waals surface area contributed by atoms with Crippen LogP contribution < -0.4 is 0 Å². The van der Waals surface area contributed by atoms with Crippen molar-refractivity contribution in [3.05, 3.63) is 95.2 Å². The van der Waals surface area contributed by atoms with E-state index < -0.39 is 17.3 Å². The zero-order valence-corrected chi connectivity index (χ0v) is 16.6. The van der Waals surface area contributed by atoms with Crippen LogP contribution in [0.4, 0.5) is 0 Å². The summed E-state index contributed by atoms with van der Waals surface area (Å²) in [6.07, 6.45) is 2.20. The molecule has 0 radical (unpaired) electrons. The summed E-state index contributed by atoms with van der Waals surface area (Å²) in [7, 11) is 0. The number of carbonyl (C=O) groups is 2. The molecule has 4 nitrogen and oxygen atoms in total. The molecule has 4 rings (SSSR count). The van der Waals surface area contributed by atoms with Crippen LogP contribution in [0.15, 0.2) is 83.5 Å². The molecule has 1 aliphatic carbocycles. The normalized spacial score (nSPS) is 22.6. The first-order chi connectivity index (χ1) is 14.1. The van der Waals surface area contributed by atoms with Gasteiger partial charge in [-0.3, -0.25) is 9.79 Å². The Morgan fingerprint density at radius 3 is 2.45 bits per heavy atom. The van der Waals surface area contributed by atoms with Gasteiger partial charge in [-0.05, 0) is 25.8 Å². The number of carbonyl (C=O) groups excluding carboxylic acids is 2. The Balaban J connectivity index is 2.07. The van der Waals surface area contributed by atoms with E-state index in [-0.39, 0.29) is 12.4 Å². The summed E-state index contributed by atoms with van der Waals surface area (Å²) in [6.45, 7) is 7.81. The highest BCUT2D eigenvalue weighted by Crippen LogP contribution is 2.52. The standard InChI is InChI=1S/C25H23NO3/c1-4-15-25(17-11-7-6-8-12-17)20(24(28)29-5-2)16(3)26-22-18-13-9-10-14-19(18)23(27)21(22)25/h4,6-14,21H,1,5,15H2,2-3H3. The van der Waals surface area contributed by atoms with Crippen molar-refractivity contribution in [3.63, 3.8) is 0 Å². The number of hydrogen-bond donors (Lipinski definition) is 0. The molecule has 1 heterocycles. The van der Waals surface area contributed by atoms with Gasteiger partial charge in [0, 0.05) is 22.2 Å². The highest BCUT2D eigenvalue weighted by molar-refractivity contribution is 6.30. The lowest BCUT2D eigenvalue weighted by Crippen LogP contribution is -2.48. The Labute approximate surface area is 170 Å². The topological polar surface area (TPSA) is 55.7 Å². The molecule has 2 aliphatic rings. The third-order valence-corrected chi connectivity index (χ3v) is 5.83. The largest absolute Gasteiger partial charge is 0.463 e. The van der Waals surface area contributed by atoms with Crippen LogP contribution in [0.3, 0.4) is 0 Å². The summed E-state index contributed by atoms with van der Waals surface area (Å²) < 4.78 is 5.42. The van der Waals surface area contributed by atoms with Crippen LogP contribution in [0.2, 0.25) is 0 Å². The molecule has 2 aromatic rings. The molecule has 146 valence electrons. The van der Waals surface area contributed by atoms with Crippen LogP contribution in [-0.2, 0) is 14.9 Å². The lowest BCUT2D eigenvalue weighted by Gasteiger charge is -2.42. The molecule has 2 aromatic carbocycles. The molecule has 0 N–H and O–H groups in total. The number of aliphatic imine (C=N–C) groups is 1. The van der Waals surface area contributed by atoms with E-state index in [9.17, 15) is 9.59 Å².